The number of hydrogen-bond acceptors (Lipinski definition) is 6. The first kappa shape index (κ1) is 18.7. The van der Waals surface area contributed by atoms with Crippen molar-refractivity contribution < 1.29 is 22.4 Å². The van der Waals surface area contributed by atoms with Gasteiger partial charge in [-0.05, 0) is 43.7 Å². The van der Waals surface area contributed by atoms with E-state index in [9.17, 15) is 18.0 Å². The number of hydrogen-bond donors (Lipinski definition) is 0. The number of benzene rings is 1. The minimum Gasteiger partial charge on any atom is -0.406 e. The molecule has 11 heteroatoms. The van der Waals surface area contributed by atoms with Crippen LogP contribution in [-0.4, -0.2) is 30.7 Å². The topological polar surface area (TPSA) is 87.5 Å². The fourth-order valence-electron chi connectivity index (χ4n) is 3.02. The van der Waals surface area contributed by atoms with E-state index in [0.717, 1.165) is 0 Å². The molecule has 0 bridgehead atoms. The Bertz CT molecular complexity index is 1240. The van der Waals surface area contributed by atoms with Gasteiger partial charge in [-0.2, -0.15) is 4.98 Å². The normalized spacial score (nSPS) is 11.9. The summed E-state index contributed by atoms with van der Waals surface area (Å²) < 4.78 is 48.5. The second kappa shape index (κ2) is 6.76. The monoisotopic (exact) mass is 405 g/mol. The summed E-state index contributed by atoms with van der Waals surface area (Å²) in [7, 11) is 0. The van der Waals surface area contributed by atoms with Gasteiger partial charge in [0.05, 0.1) is 0 Å². The summed E-state index contributed by atoms with van der Waals surface area (Å²) in [5.41, 5.74) is 1.92. The molecule has 29 heavy (non-hydrogen) atoms. The number of halogens is 3. The average Bonchev–Trinajstić information content (AvgIpc) is 3.19. The van der Waals surface area contributed by atoms with E-state index in [2.05, 4.69) is 20.0 Å². The van der Waals surface area contributed by atoms with E-state index in [-0.39, 0.29) is 18.2 Å². The van der Waals surface area contributed by atoms with E-state index in [1.165, 1.54) is 33.3 Å². The number of rotatable bonds is 4. The molecule has 4 rings (SSSR count). The molecule has 4 aromatic rings. The fourth-order valence-corrected chi connectivity index (χ4v) is 3.02. The molecule has 0 aliphatic rings. The van der Waals surface area contributed by atoms with Crippen LogP contribution in [0.5, 0.6) is 5.75 Å². The number of fused-ring (bicyclic) bond motifs is 1. The third kappa shape index (κ3) is 3.71. The van der Waals surface area contributed by atoms with Gasteiger partial charge in [0.15, 0.2) is 11.5 Å². The van der Waals surface area contributed by atoms with Crippen LogP contribution in [0.25, 0.3) is 16.8 Å². The van der Waals surface area contributed by atoms with Crippen LogP contribution in [0.1, 0.15) is 17.4 Å². The first-order chi connectivity index (χ1) is 13.7. The maximum Gasteiger partial charge on any atom is 0.573 e. The van der Waals surface area contributed by atoms with Gasteiger partial charge in [-0.1, -0.05) is 17.3 Å². The SMILES string of the molecule is Cc1noc(Cn2nc3ccc(-c4ccc(OC(F)(F)F)cc4)c(C)n3c2=O)n1. The lowest BCUT2D eigenvalue weighted by atomic mass is 10.0. The Morgan fingerprint density at radius 2 is 1.83 bits per heavy atom. The lowest BCUT2D eigenvalue weighted by molar-refractivity contribution is -0.274. The van der Waals surface area contributed by atoms with Crippen molar-refractivity contribution in [2.24, 2.45) is 0 Å². The highest BCUT2D eigenvalue weighted by Crippen LogP contribution is 2.28. The predicted molar refractivity (Wildman–Crippen MR) is 94.4 cm³/mol. The Morgan fingerprint density at radius 3 is 2.45 bits per heavy atom. The van der Waals surface area contributed by atoms with Crippen molar-refractivity contribution in [3.8, 4) is 16.9 Å². The van der Waals surface area contributed by atoms with Crippen LogP contribution in [0.2, 0.25) is 0 Å². The largest absolute Gasteiger partial charge is 0.573 e. The molecule has 3 aromatic heterocycles. The quantitative estimate of drug-likeness (QED) is 0.519. The third-order valence-electron chi connectivity index (χ3n) is 4.24. The van der Waals surface area contributed by atoms with E-state index in [1.54, 1.807) is 26.0 Å². The number of pyridine rings is 1. The molecule has 3 heterocycles. The summed E-state index contributed by atoms with van der Waals surface area (Å²) in [6.07, 6.45) is -4.75. The summed E-state index contributed by atoms with van der Waals surface area (Å²) in [5, 5.41) is 7.94. The first-order valence-electron chi connectivity index (χ1n) is 8.46. The van der Waals surface area contributed by atoms with Crippen LogP contribution in [0.4, 0.5) is 13.2 Å². The van der Waals surface area contributed by atoms with Gasteiger partial charge in [0.2, 0.25) is 5.89 Å². The van der Waals surface area contributed by atoms with Crippen molar-refractivity contribution in [1.29, 1.82) is 0 Å². The van der Waals surface area contributed by atoms with Gasteiger partial charge in [-0.3, -0.25) is 0 Å². The van der Waals surface area contributed by atoms with Gasteiger partial charge in [0.25, 0.3) is 0 Å². The van der Waals surface area contributed by atoms with Crippen molar-refractivity contribution in [2.75, 3.05) is 0 Å². The molecule has 8 nitrogen and oxygen atoms in total. The molecular formula is C18H14F3N5O3. The van der Waals surface area contributed by atoms with Gasteiger partial charge < -0.3 is 9.26 Å². The van der Waals surface area contributed by atoms with E-state index in [1.807, 2.05) is 0 Å². The Morgan fingerprint density at radius 1 is 1.10 bits per heavy atom. The molecule has 0 atom stereocenters. The van der Waals surface area contributed by atoms with Gasteiger partial charge in [0, 0.05) is 11.3 Å². The van der Waals surface area contributed by atoms with E-state index in [0.29, 0.717) is 28.3 Å². The van der Waals surface area contributed by atoms with E-state index >= 15 is 0 Å². The van der Waals surface area contributed by atoms with Crippen LogP contribution >= 0.6 is 0 Å². The lowest BCUT2D eigenvalue weighted by Crippen LogP contribution is -2.23. The smallest absolute Gasteiger partial charge is 0.406 e. The lowest BCUT2D eigenvalue weighted by Gasteiger charge is -2.11. The zero-order valence-electron chi connectivity index (χ0n) is 15.3. The molecule has 0 fully saturated rings. The molecule has 0 aliphatic heterocycles. The Labute approximate surface area is 161 Å². The zero-order valence-corrected chi connectivity index (χ0v) is 15.3. The van der Waals surface area contributed by atoms with Crippen LogP contribution in [0.15, 0.2) is 45.7 Å². The van der Waals surface area contributed by atoms with Crippen LogP contribution in [0.3, 0.4) is 0 Å². The van der Waals surface area contributed by atoms with Crippen molar-refractivity contribution in [3.63, 3.8) is 0 Å². The Balaban J connectivity index is 1.70. The fraction of sp³-hybridized carbons (Fsp3) is 0.222. The van der Waals surface area contributed by atoms with Crippen LogP contribution in [-0.2, 0) is 6.54 Å². The number of aryl methyl sites for hydroxylation is 2. The Hall–Kier alpha value is -3.63. The van der Waals surface area contributed by atoms with Crippen molar-refractivity contribution >= 4 is 5.65 Å². The molecular weight excluding hydrogens is 391 g/mol. The van der Waals surface area contributed by atoms with Crippen molar-refractivity contribution in [1.82, 2.24) is 24.3 Å². The van der Waals surface area contributed by atoms with Crippen LogP contribution in [0, 0.1) is 13.8 Å². The number of nitrogens with zero attached hydrogens (tertiary/aromatic N) is 5. The van der Waals surface area contributed by atoms with Gasteiger partial charge in [0.1, 0.15) is 12.3 Å². The zero-order chi connectivity index (χ0) is 20.8. The molecule has 0 unspecified atom stereocenters. The molecule has 0 radical (unpaired) electrons. The van der Waals surface area contributed by atoms with Crippen molar-refractivity contribution in [3.05, 3.63) is 64.3 Å². The molecule has 0 saturated heterocycles. The summed E-state index contributed by atoms with van der Waals surface area (Å²) in [4.78, 5) is 16.8. The summed E-state index contributed by atoms with van der Waals surface area (Å²) in [5.74, 6) is 0.388. The minimum atomic E-state index is -4.75. The number of aromatic nitrogens is 5. The van der Waals surface area contributed by atoms with Crippen LogP contribution < -0.4 is 10.4 Å². The maximum absolute atomic E-state index is 12.8. The number of ether oxygens (including phenoxy) is 1. The number of alkyl halides is 3. The highest BCUT2D eigenvalue weighted by Gasteiger charge is 2.31. The Kier molecular flexibility index (Phi) is 4.36. The van der Waals surface area contributed by atoms with Gasteiger partial charge in [-0.15, -0.1) is 18.3 Å². The molecule has 150 valence electrons. The summed E-state index contributed by atoms with van der Waals surface area (Å²) >= 11 is 0. The van der Waals surface area contributed by atoms with E-state index in [4.69, 9.17) is 4.52 Å². The average molecular weight is 405 g/mol. The molecule has 0 N–H and O–H groups in total. The predicted octanol–water partition coefficient (Wildman–Crippen LogP) is 3.11. The van der Waals surface area contributed by atoms with Crippen molar-refractivity contribution in [2.45, 2.75) is 26.8 Å². The highest BCUT2D eigenvalue weighted by molar-refractivity contribution is 5.68. The highest BCUT2D eigenvalue weighted by atomic mass is 19.4. The molecule has 0 amide bonds. The second-order valence-corrected chi connectivity index (χ2v) is 6.27. The molecule has 1 aromatic carbocycles. The maximum atomic E-state index is 12.8. The second-order valence-electron chi connectivity index (χ2n) is 6.27. The molecule has 0 saturated carbocycles. The molecule has 0 spiro atoms. The van der Waals surface area contributed by atoms with Gasteiger partial charge in [-0.25, -0.2) is 13.9 Å². The minimum absolute atomic E-state index is 0.0274. The summed E-state index contributed by atoms with van der Waals surface area (Å²) in [6, 6.07) is 8.82. The standard InChI is InChI=1S/C18H14F3N5O3/c1-10-14(12-3-5-13(6-4-12)28-18(19,20)21)7-8-15-23-25(17(27)26(10)15)9-16-22-11(2)24-29-16/h3-8H,9H2,1-2H3. The third-order valence-corrected chi connectivity index (χ3v) is 4.24. The summed E-state index contributed by atoms with van der Waals surface area (Å²) in [6.45, 7) is 3.42. The molecule has 0 aliphatic carbocycles. The first-order valence-corrected chi connectivity index (χ1v) is 8.46. The van der Waals surface area contributed by atoms with Gasteiger partial charge >= 0.3 is 12.1 Å². The van der Waals surface area contributed by atoms with E-state index < -0.39 is 12.1 Å².